The molecule has 1 saturated carbocycles. The molecule has 1 aliphatic carbocycles. The molecule has 2 N–H and O–H groups in total. The van der Waals surface area contributed by atoms with E-state index in [0.717, 1.165) is 22.2 Å². The van der Waals surface area contributed by atoms with Crippen molar-refractivity contribution in [3.05, 3.63) is 33.8 Å². The second kappa shape index (κ2) is 7.13. The van der Waals surface area contributed by atoms with E-state index in [1.165, 1.54) is 25.7 Å². The maximum absolute atomic E-state index is 6.33. The SMILES string of the molecule is CC(c1cc(Cl)ccc1Cl)N(C)C1CCCCC1CN. The number of hydrogen-bond donors (Lipinski definition) is 1. The van der Waals surface area contributed by atoms with Crippen LogP contribution in [-0.2, 0) is 0 Å². The third-order valence-electron chi connectivity index (χ3n) is 4.71. The summed E-state index contributed by atoms with van der Waals surface area (Å²) in [5.41, 5.74) is 7.05. The van der Waals surface area contributed by atoms with Gasteiger partial charge in [0.15, 0.2) is 0 Å². The summed E-state index contributed by atoms with van der Waals surface area (Å²) < 4.78 is 0. The van der Waals surface area contributed by atoms with Gasteiger partial charge in [0.25, 0.3) is 0 Å². The average molecular weight is 315 g/mol. The van der Waals surface area contributed by atoms with Gasteiger partial charge in [-0.3, -0.25) is 4.90 Å². The lowest BCUT2D eigenvalue weighted by Gasteiger charge is -2.41. The third-order valence-corrected chi connectivity index (χ3v) is 5.29. The second-order valence-corrected chi connectivity index (χ2v) is 6.70. The highest BCUT2D eigenvalue weighted by Crippen LogP contribution is 2.35. The van der Waals surface area contributed by atoms with E-state index in [1.807, 2.05) is 18.2 Å². The lowest BCUT2D eigenvalue weighted by molar-refractivity contribution is 0.0989. The van der Waals surface area contributed by atoms with Gasteiger partial charge in [0.2, 0.25) is 0 Å². The van der Waals surface area contributed by atoms with Crippen molar-refractivity contribution < 1.29 is 0 Å². The molecule has 1 aliphatic rings. The van der Waals surface area contributed by atoms with E-state index in [2.05, 4.69) is 18.9 Å². The molecular weight excluding hydrogens is 291 g/mol. The van der Waals surface area contributed by atoms with Crippen molar-refractivity contribution in [1.82, 2.24) is 4.90 Å². The maximum Gasteiger partial charge on any atom is 0.0454 e. The summed E-state index contributed by atoms with van der Waals surface area (Å²) in [4.78, 5) is 2.42. The summed E-state index contributed by atoms with van der Waals surface area (Å²) >= 11 is 12.4. The van der Waals surface area contributed by atoms with Crippen LogP contribution in [0.5, 0.6) is 0 Å². The van der Waals surface area contributed by atoms with E-state index < -0.39 is 0 Å². The Hall–Kier alpha value is -0.280. The van der Waals surface area contributed by atoms with Crippen LogP contribution < -0.4 is 5.73 Å². The largest absolute Gasteiger partial charge is 0.330 e. The van der Waals surface area contributed by atoms with Gasteiger partial charge in [-0.2, -0.15) is 0 Å². The molecule has 1 aromatic carbocycles. The molecule has 0 aliphatic heterocycles. The molecule has 0 amide bonds. The number of hydrogen-bond acceptors (Lipinski definition) is 2. The average Bonchev–Trinajstić information content (AvgIpc) is 2.48. The summed E-state index contributed by atoms with van der Waals surface area (Å²) in [6.45, 7) is 2.96. The maximum atomic E-state index is 6.33. The summed E-state index contributed by atoms with van der Waals surface area (Å²) in [5.74, 6) is 0.592. The zero-order chi connectivity index (χ0) is 14.7. The first kappa shape index (κ1) is 16.1. The minimum atomic E-state index is 0.248. The van der Waals surface area contributed by atoms with E-state index in [9.17, 15) is 0 Å². The first-order chi connectivity index (χ1) is 9.54. The smallest absolute Gasteiger partial charge is 0.0454 e. The van der Waals surface area contributed by atoms with Gasteiger partial charge in [-0.15, -0.1) is 0 Å². The molecule has 20 heavy (non-hydrogen) atoms. The van der Waals surface area contributed by atoms with E-state index in [0.29, 0.717) is 12.0 Å². The van der Waals surface area contributed by atoms with Gasteiger partial charge in [-0.1, -0.05) is 36.0 Å². The number of rotatable bonds is 4. The van der Waals surface area contributed by atoms with Crippen LogP contribution in [0, 0.1) is 5.92 Å². The lowest BCUT2D eigenvalue weighted by Crippen LogP contribution is -2.44. The van der Waals surface area contributed by atoms with Crippen molar-refractivity contribution in [3.8, 4) is 0 Å². The summed E-state index contributed by atoms with van der Waals surface area (Å²) in [7, 11) is 2.18. The number of halogens is 2. The molecule has 1 fully saturated rings. The van der Waals surface area contributed by atoms with Crippen molar-refractivity contribution in [3.63, 3.8) is 0 Å². The Morgan fingerprint density at radius 1 is 1.30 bits per heavy atom. The summed E-state index contributed by atoms with van der Waals surface area (Å²) in [6, 6.07) is 6.48. The van der Waals surface area contributed by atoms with Crippen molar-refractivity contribution in [2.75, 3.05) is 13.6 Å². The molecule has 0 radical (unpaired) electrons. The van der Waals surface area contributed by atoms with E-state index in [1.54, 1.807) is 0 Å². The van der Waals surface area contributed by atoms with Crippen LogP contribution in [0.4, 0.5) is 0 Å². The van der Waals surface area contributed by atoms with E-state index in [4.69, 9.17) is 28.9 Å². The van der Waals surface area contributed by atoms with Gasteiger partial charge in [0.05, 0.1) is 0 Å². The molecular formula is C16H24Cl2N2. The predicted molar refractivity (Wildman–Crippen MR) is 87.4 cm³/mol. The highest BCUT2D eigenvalue weighted by atomic mass is 35.5. The predicted octanol–water partition coefficient (Wildman–Crippen LogP) is 4.50. The van der Waals surface area contributed by atoms with E-state index in [-0.39, 0.29) is 6.04 Å². The molecule has 0 saturated heterocycles. The van der Waals surface area contributed by atoms with Crippen LogP contribution in [0.2, 0.25) is 10.0 Å². The third kappa shape index (κ3) is 3.48. The molecule has 1 aromatic rings. The second-order valence-electron chi connectivity index (χ2n) is 5.85. The van der Waals surface area contributed by atoms with Crippen molar-refractivity contribution in [1.29, 1.82) is 0 Å². The fourth-order valence-corrected chi connectivity index (χ4v) is 3.80. The van der Waals surface area contributed by atoms with Crippen molar-refractivity contribution in [2.45, 2.75) is 44.7 Å². The molecule has 0 bridgehead atoms. The first-order valence-corrected chi connectivity index (χ1v) is 8.17. The van der Waals surface area contributed by atoms with Gasteiger partial charge in [0, 0.05) is 22.1 Å². The molecule has 112 valence electrons. The Kier molecular flexibility index (Phi) is 5.74. The van der Waals surface area contributed by atoms with Crippen LogP contribution in [0.3, 0.4) is 0 Å². The first-order valence-electron chi connectivity index (χ1n) is 7.41. The molecule has 2 rings (SSSR count). The van der Waals surface area contributed by atoms with Gasteiger partial charge in [-0.25, -0.2) is 0 Å². The topological polar surface area (TPSA) is 29.3 Å². The minimum absolute atomic E-state index is 0.248. The van der Waals surface area contributed by atoms with Crippen LogP contribution in [0.25, 0.3) is 0 Å². The Morgan fingerprint density at radius 3 is 2.70 bits per heavy atom. The fourth-order valence-electron chi connectivity index (χ4n) is 3.34. The van der Waals surface area contributed by atoms with E-state index >= 15 is 0 Å². The molecule has 0 spiro atoms. The highest BCUT2D eigenvalue weighted by molar-refractivity contribution is 6.33. The Labute approximate surface area is 132 Å². The molecule has 3 unspecified atom stereocenters. The van der Waals surface area contributed by atoms with Gasteiger partial charge < -0.3 is 5.73 Å². The Balaban J connectivity index is 2.18. The summed E-state index contributed by atoms with van der Waals surface area (Å²) in [5, 5.41) is 1.53. The van der Waals surface area contributed by atoms with Gasteiger partial charge in [-0.05, 0) is 63.0 Å². The molecule has 2 nitrogen and oxygen atoms in total. The lowest BCUT2D eigenvalue weighted by atomic mass is 9.83. The van der Waals surface area contributed by atoms with Crippen LogP contribution in [-0.4, -0.2) is 24.5 Å². The summed E-state index contributed by atoms with van der Waals surface area (Å²) in [6.07, 6.45) is 5.06. The molecule has 4 heteroatoms. The van der Waals surface area contributed by atoms with Crippen LogP contribution >= 0.6 is 23.2 Å². The highest BCUT2D eigenvalue weighted by Gasteiger charge is 2.30. The normalized spacial score (nSPS) is 24.9. The van der Waals surface area contributed by atoms with Crippen LogP contribution in [0.1, 0.15) is 44.2 Å². The number of nitrogens with two attached hydrogens (primary N) is 1. The monoisotopic (exact) mass is 314 g/mol. The Morgan fingerprint density at radius 2 is 2.00 bits per heavy atom. The van der Waals surface area contributed by atoms with Gasteiger partial charge >= 0.3 is 0 Å². The van der Waals surface area contributed by atoms with Gasteiger partial charge in [0.1, 0.15) is 0 Å². The minimum Gasteiger partial charge on any atom is -0.330 e. The number of nitrogens with zero attached hydrogens (tertiary/aromatic N) is 1. The standard InChI is InChI=1S/C16H24Cl2N2/c1-11(14-9-13(17)7-8-15(14)18)20(2)16-6-4-3-5-12(16)10-19/h7-9,11-12,16H,3-6,10,19H2,1-2H3. The van der Waals surface area contributed by atoms with Crippen LogP contribution in [0.15, 0.2) is 18.2 Å². The zero-order valence-corrected chi connectivity index (χ0v) is 13.8. The Bertz CT molecular complexity index is 450. The molecule has 3 atom stereocenters. The molecule has 0 heterocycles. The molecule has 0 aromatic heterocycles. The van der Waals surface area contributed by atoms with Crippen molar-refractivity contribution in [2.24, 2.45) is 11.7 Å². The zero-order valence-electron chi connectivity index (χ0n) is 12.3. The van der Waals surface area contributed by atoms with Crippen molar-refractivity contribution >= 4 is 23.2 Å². The fraction of sp³-hybridized carbons (Fsp3) is 0.625. The quantitative estimate of drug-likeness (QED) is 0.886. The number of benzene rings is 1.